The first-order valence-corrected chi connectivity index (χ1v) is 7.67. The summed E-state index contributed by atoms with van der Waals surface area (Å²) in [6.45, 7) is 4.73. The Kier molecular flexibility index (Phi) is 3.76. The van der Waals surface area contributed by atoms with Crippen LogP contribution in [0.5, 0.6) is 0 Å². The zero-order valence-electron chi connectivity index (χ0n) is 13.6. The van der Waals surface area contributed by atoms with Crippen LogP contribution in [0.4, 0.5) is 0 Å². The largest absolute Gasteiger partial charge is 0.360 e. The van der Waals surface area contributed by atoms with Crippen molar-refractivity contribution in [3.05, 3.63) is 34.5 Å². The molecule has 1 atom stereocenters. The average Bonchev–Trinajstić information content (AvgIpc) is 3.04. The van der Waals surface area contributed by atoms with Gasteiger partial charge in [-0.3, -0.25) is 9.48 Å². The van der Waals surface area contributed by atoms with E-state index >= 15 is 0 Å². The van der Waals surface area contributed by atoms with Crippen LogP contribution in [0, 0.1) is 12.8 Å². The summed E-state index contributed by atoms with van der Waals surface area (Å²) in [5, 5.41) is 8.25. The SMILES string of the molecule is Cc1c(CN(C)C(=O)c2noc3c2CC(C)CC3)cnn1C. The number of rotatable bonds is 3. The first kappa shape index (κ1) is 14.8. The van der Waals surface area contributed by atoms with Crippen LogP contribution in [0.15, 0.2) is 10.7 Å². The van der Waals surface area contributed by atoms with Gasteiger partial charge in [0.1, 0.15) is 5.76 Å². The Morgan fingerprint density at radius 2 is 2.32 bits per heavy atom. The Labute approximate surface area is 130 Å². The molecule has 3 rings (SSSR count). The van der Waals surface area contributed by atoms with E-state index in [-0.39, 0.29) is 5.91 Å². The highest BCUT2D eigenvalue weighted by atomic mass is 16.5. The third-order valence-corrected chi connectivity index (χ3v) is 4.58. The van der Waals surface area contributed by atoms with E-state index in [4.69, 9.17) is 4.52 Å². The molecular formula is C16H22N4O2. The van der Waals surface area contributed by atoms with Gasteiger partial charge in [0.05, 0.1) is 6.20 Å². The molecule has 2 aromatic heterocycles. The summed E-state index contributed by atoms with van der Waals surface area (Å²) in [7, 11) is 3.69. The van der Waals surface area contributed by atoms with Gasteiger partial charge in [-0.05, 0) is 25.7 Å². The Bertz CT molecular complexity index is 701. The maximum atomic E-state index is 12.7. The van der Waals surface area contributed by atoms with Gasteiger partial charge >= 0.3 is 0 Å². The van der Waals surface area contributed by atoms with Crippen LogP contribution in [0.1, 0.15) is 46.4 Å². The summed E-state index contributed by atoms with van der Waals surface area (Å²) in [4.78, 5) is 14.4. The van der Waals surface area contributed by atoms with E-state index in [1.165, 1.54) is 0 Å². The fourth-order valence-electron chi connectivity index (χ4n) is 2.95. The van der Waals surface area contributed by atoms with Gasteiger partial charge < -0.3 is 9.42 Å². The number of carbonyl (C=O) groups excluding carboxylic acids is 1. The zero-order valence-corrected chi connectivity index (χ0v) is 13.6. The number of carbonyl (C=O) groups is 1. The van der Waals surface area contributed by atoms with E-state index in [1.807, 2.05) is 18.7 Å². The second-order valence-electron chi connectivity index (χ2n) is 6.32. The molecule has 2 heterocycles. The molecule has 0 aromatic carbocycles. The molecule has 2 aromatic rings. The van der Waals surface area contributed by atoms with Crippen LogP contribution >= 0.6 is 0 Å². The van der Waals surface area contributed by atoms with E-state index in [2.05, 4.69) is 17.2 Å². The number of aromatic nitrogens is 3. The van der Waals surface area contributed by atoms with E-state index in [9.17, 15) is 4.79 Å². The molecule has 6 nitrogen and oxygen atoms in total. The maximum absolute atomic E-state index is 12.7. The van der Waals surface area contributed by atoms with Crippen molar-refractivity contribution < 1.29 is 9.32 Å². The Hall–Kier alpha value is -2.11. The summed E-state index contributed by atoms with van der Waals surface area (Å²) >= 11 is 0. The van der Waals surface area contributed by atoms with E-state index in [0.717, 1.165) is 41.8 Å². The molecule has 0 saturated carbocycles. The molecule has 1 amide bonds. The van der Waals surface area contributed by atoms with Crippen molar-refractivity contribution in [1.29, 1.82) is 0 Å². The highest BCUT2D eigenvalue weighted by Gasteiger charge is 2.28. The second-order valence-corrected chi connectivity index (χ2v) is 6.32. The van der Waals surface area contributed by atoms with E-state index in [1.54, 1.807) is 18.1 Å². The van der Waals surface area contributed by atoms with Gasteiger partial charge in [-0.25, -0.2) is 0 Å². The van der Waals surface area contributed by atoms with E-state index in [0.29, 0.717) is 18.2 Å². The quantitative estimate of drug-likeness (QED) is 0.871. The van der Waals surface area contributed by atoms with Crippen LogP contribution in [0.25, 0.3) is 0 Å². The Morgan fingerprint density at radius 1 is 1.55 bits per heavy atom. The van der Waals surface area contributed by atoms with Crippen molar-refractivity contribution in [1.82, 2.24) is 19.8 Å². The molecule has 0 aliphatic heterocycles. The van der Waals surface area contributed by atoms with E-state index < -0.39 is 0 Å². The lowest BCUT2D eigenvalue weighted by atomic mass is 9.88. The van der Waals surface area contributed by atoms with Gasteiger partial charge in [0.25, 0.3) is 5.91 Å². The number of fused-ring (bicyclic) bond motifs is 1. The molecule has 0 spiro atoms. The zero-order chi connectivity index (χ0) is 15.9. The lowest BCUT2D eigenvalue weighted by Crippen LogP contribution is -2.28. The Balaban J connectivity index is 1.79. The predicted octanol–water partition coefficient (Wildman–Crippen LogP) is 2.11. The van der Waals surface area contributed by atoms with Crippen LogP contribution in [0.3, 0.4) is 0 Å². The fraction of sp³-hybridized carbons (Fsp3) is 0.562. The molecule has 1 aliphatic rings. The van der Waals surface area contributed by atoms with Crippen molar-refractivity contribution in [2.24, 2.45) is 13.0 Å². The molecule has 0 bridgehead atoms. The fourth-order valence-corrected chi connectivity index (χ4v) is 2.95. The van der Waals surface area contributed by atoms with Crippen LogP contribution in [-0.2, 0) is 26.4 Å². The average molecular weight is 302 g/mol. The molecule has 0 fully saturated rings. The molecule has 0 N–H and O–H groups in total. The number of amides is 1. The minimum atomic E-state index is -0.0812. The molecule has 0 radical (unpaired) electrons. The van der Waals surface area contributed by atoms with Gasteiger partial charge in [0.15, 0.2) is 5.69 Å². The smallest absolute Gasteiger partial charge is 0.276 e. The third-order valence-electron chi connectivity index (χ3n) is 4.58. The lowest BCUT2D eigenvalue weighted by Gasteiger charge is -2.19. The summed E-state index contributed by atoms with van der Waals surface area (Å²) in [6, 6.07) is 0. The Morgan fingerprint density at radius 3 is 3.00 bits per heavy atom. The molecule has 1 unspecified atom stereocenters. The first-order valence-electron chi connectivity index (χ1n) is 7.67. The number of hydrogen-bond acceptors (Lipinski definition) is 4. The van der Waals surface area contributed by atoms with Crippen molar-refractivity contribution >= 4 is 5.91 Å². The normalized spacial score (nSPS) is 17.4. The maximum Gasteiger partial charge on any atom is 0.276 e. The van der Waals surface area contributed by atoms with Crippen molar-refractivity contribution in [2.75, 3.05) is 7.05 Å². The number of nitrogens with zero attached hydrogens (tertiary/aromatic N) is 4. The molecule has 118 valence electrons. The minimum Gasteiger partial charge on any atom is -0.360 e. The monoisotopic (exact) mass is 302 g/mol. The van der Waals surface area contributed by atoms with Crippen molar-refractivity contribution in [3.63, 3.8) is 0 Å². The van der Waals surface area contributed by atoms with Gasteiger partial charge in [-0.2, -0.15) is 5.10 Å². The highest BCUT2D eigenvalue weighted by Crippen LogP contribution is 2.28. The van der Waals surface area contributed by atoms with Crippen molar-refractivity contribution in [3.8, 4) is 0 Å². The predicted molar refractivity (Wildman–Crippen MR) is 81.4 cm³/mol. The molecular weight excluding hydrogens is 280 g/mol. The number of aryl methyl sites for hydroxylation is 2. The summed E-state index contributed by atoms with van der Waals surface area (Å²) < 4.78 is 7.18. The van der Waals surface area contributed by atoms with Gasteiger partial charge in [-0.15, -0.1) is 0 Å². The second kappa shape index (κ2) is 5.59. The van der Waals surface area contributed by atoms with Crippen molar-refractivity contribution in [2.45, 2.75) is 39.7 Å². The number of hydrogen-bond donors (Lipinski definition) is 0. The molecule has 6 heteroatoms. The van der Waals surface area contributed by atoms with Gasteiger partial charge in [0.2, 0.25) is 0 Å². The summed E-state index contributed by atoms with van der Waals surface area (Å²) in [5.41, 5.74) is 3.59. The van der Waals surface area contributed by atoms with Gasteiger partial charge in [0, 0.05) is 43.9 Å². The minimum absolute atomic E-state index is 0.0812. The summed E-state index contributed by atoms with van der Waals surface area (Å²) in [5.74, 6) is 1.37. The van der Waals surface area contributed by atoms with Crippen LogP contribution < -0.4 is 0 Å². The van der Waals surface area contributed by atoms with Crippen LogP contribution in [0.2, 0.25) is 0 Å². The lowest BCUT2D eigenvalue weighted by molar-refractivity contribution is 0.0773. The highest BCUT2D eigenvalue weighted by molar-refractivity contribution is 5.93. The summed E-state index contributed by atoms with van der Waals surface area (Å²) in [6.07, 6.45) is 4.65. The standard InChI is InChI=1S/C16H22N4O2/c1-10-5-6-14-13(7-10)15(18-22-14)16(21)19(3)9-12-8-17-20(4)11(12)2/h8,10H,5-7,9H2,1-4H3. The first-order chi connectivity index (χ1) is 10.5. The molecule has 1 aliphatic carbocycles. The molecule has 0 saturated heterocycles. The van der Waals surface area contributed by atoms with Gasteiger partial charge in [-0.1, -0.05) is 12.1 Å². The van der Waals surface area contributed by atoms with Crippen LogP contribution in [-0.4, -0.2) is 32.8 Å². The third kappa shape index (κ3) is 2.53. The topological polar surface area (TPSA) is 64.2 Å². The molecule has 22 heavy (non-hydrogen) atoms.